The number of anilines is 2. The van der Waals surface area contributed by atoms with Crippen molar-refractivity contribution in [2.75, 3.05) is 5.32 Å². The monoisotopic (exact) mass is 241 g/mol. The van der Waals surface area contributed by atoms with Crippen LogP contribution in [0.3, 0.4) is 0 Å². The maximum Gasteiger partial charge on any atom is 0.337 e. The molecule has 0 amide bonds. The van der Waals surface area contributed by atoms with Crippen LogP contribution < -0.4 is 5.32 Å². The summed E-state index contributed by atoms with van der Waals surface area (Å²) >= 11 is 0. The minimum atomic E-state index is -0.928. The number of aromatic carboxylic acids is 1. The second-order valence-electron chi connectivity index (χ2n) is 4.29. The van der Waals surface area contributed by atoms with Crippen LogP contribution in [-0.2, 0) is 0 Å². The fraction of sp³-hybridized carbons (Fsp3) is 0.133. The van der Waals surface area contributed by atoms with Crippen molar-refractivity contribution in [3.05, 3.63) is 59.2 Å². The van der Waals surface area contributed by atoms with Gasteiger partial charge in [-0.3, -0.25) is 0 Å². The fourth-order valence-corrected chi connectivity index (χ4v) is 1.88. The van der Waals surface area contributed by atoms with Crippen molar-refractivity contribution in [1.29, 1.82) is 0 Å². The van der Waals surface area contributed by atoms with E-state index in [1.165, 1.54) is 5.56 Å². The number of rotatable bonds is 3. The van der Waals surface area contributed by atoms with Crippen LogP contribution in [0, 0.1) is 13.8 Å². The molecule has 0 bridgehead atoms. The number of carbonyl (C=O) groups is 1. The van der Waals surface area contributed by atoms with E-state index in [2.05, 4.69) is 11.4 Å². The first kappa shape index (κ1) is 12.2. The van der Waals surface area contributed by atoms with Gasteiger partial charge in [-0.1, -0.05) is 29.8 Å². The van der Waals surface area contributed by atoms with Gasteiger partial charge in [0, 0.05) is 5.69 Å². The molecule has 0 unspecified atom stereocenters. The van der Waals surface area contributed by atoms with E-state index in [-0.39, 0.29) is 5.56 Å². The first-order chi connectivity index (χ1) is 8.58. The summed E-state index contributed by atoms with van der Waals surface area (Å²) in [4.78, 5) is 11.1. The van der Waals surface area contributed by atoms with Gasteiger partial charge in [0.1, 0.15) is 0 Å². The highest BCUT2D eigenvalue weighted by Crippen LogP contribution is 2.24. The Bertz CT molecular complexity index is 591. The molecule has 0 spiro atoms. The van der Waals surface area contributed by atoms with Gasteiger partial charge < -0.3 is 10.4 Å². The van der Waals surface area contributed by atoms with Crippen molar-refractivity contribution < 1.29 is 9.90 Å². The lowest BCUT2D eigenvalue weighted by molar-refractivity contribution is 0.0698. The summed E-state index contributed by atoms with van der Waals surface area (Å²) in [6.07, 6.45) is 0. The van der Waals surface area contributed by atoms with E-state index in [1.807, 2.05) is 32.0 Å². The van der Waals surface area contributed by atoms with Crippen molar-refractivity contribution >= 4 is 17.3 Å². The van der Waals surface area contributed by atoms with Crippen LogP contribution in [0.1, 0.15) is 21.5 Å². The van der Waals surface area contributed by atoms with E-state index < -0.39 is 5.97 Å². The Morgan fingerprint density at radius 1 is 1.06 bits per heavy atom. The Morgan fingerprint density at radius 3 is 2.44 bits per heavy atom. The second-order valence-corrected chi connectivity index (χ2v) is 4.29. The SMILES string of the molecule is Cc1ccc(Nc2ccccc2C(=O)O)c(C)c1. The molecule has 0 saturated carbocycles. The van der Waals surface area contributed by atoms with Crippen LogP contribution in [0.25, 0.3) is 0 Å². The Balaban J connectivity index is 2.37. The molecule has 0 fully saturated rings. The topological polar surface area (TPSA) is 49.3 Å². The Labute approximate surface area is 106 Å². The van der Waals surface area contributed by atoms with E-state index in [0.29, 0.717) is 5.69 Å². The van der Waals surface area contributed by atoms with Gasteiger partial charge in [0.05, 0.1) is 11.3 Å². The van der Waals surface area contributed by atoms with Gasteiger partial charge in [-0.05, 0) is 37.6 Å². The highest BCUT2D eigenvalue weighted by Gasteiger charge is 2.09. The molecule has 2 rings (SSSR count). The summed E-state index contributed by atoms with van der Waals surface area (Å²) in [5.74, 6) is -0.928. The normalized spacial score (nSPS) is 10.1. The van der Waals surface area contributed by atoms with E-state index in [0.717, 1.165) is 11.3 Å². The lowest BCUT2D eigenvalue weighted by atomic mass is 10.1. The highest BCUT2D eigenvalue weighted by molar-refractivity contribution is 5.95. The smallest absolute Gasteiger partial charge is 0.337 e. The number of nitrogens with one attached hydrogen (secondary N) is 1. The summed E-state index contributed by atoms with van der Waals surface area (Å²) in [6, 6.07) is 12.9. The number of para-hydroxylation sites is 1. The zero-order valence-corrected chi connectivity index (χ0v) is 10.4. The molecule has 0 atom stereocenters. The van der Waals surface area contributed by atoms with Crippen molar-refractivity contribution in [2.24, 2.45) is 0 Å². The largest absolute Gasteiger partial charge is 0.478 e. The first-order valence-corrected chi connectivity index (χ1v) is 5.74. The lowest BCUT2D eigenvalue weighted by Gasteiger charge is -2.12. The van der Waals surface area contributed by atoms with Gasteiger partial charge in [0.15, 0.2) is 0 Å². The summed E-state index contributed by atoms with van der Waals surface area (Å²) < 4.78 is 0. The van der Waals surface area contributed by atoms with Gasteiger partial charge in [0.25, 0.3) is 0 Å². The molecule has 3 nitrogen and oxygen atoms in total. The predicted octanol–water partition coefficient (Wildman–Crippen LogP) is 3.75. The lowest BCUT2D eigenvalue weighted by Crippen LogP contribution is -2.03. The average molecular weight is 241 g/mol. The zero-order valence-electron chi connectivity index (χ0n) is 10.4. The Morgan fingerprint density at radius 2 is 1.78 bits per heavy atom. The molecule has 92 valence electrons. The maximum absolute atomic E-state index is 11.1. The zero-order chi connectivity index (χ0) is 13.1. The Kier molecular flexibility index (Phi) is 3.33. The molecule has 3 heteroatoms. The molecule has 0 heterocycles. The molecule has 0 aliphatic heterocycles. The van der Waals surface area contributed by atoms with Crippen LogP contribution in [0.15, 0.2) is 42.5 Å². The molecule has 2 N–H and O–H groups in total. The van der Waals surface area contributed by atoms with Crippen molar-refractivity contribution in [1.82, 2.24) is 0 Å². The first-order valence-electron chi connectivity index (χ1n) is 5.74. The summed E-state index contributed by atoms with van der Waals surface area (Å²) in [6.45, 7) is 4.03. The Hall–Kier alpha value is -2.29. The number of hydrogen-bond acceptors (Lipinski definition) is 2. The second kappa shape index (κ2) is 4.92. The van der Waals surface area contributed by atoms with Crippen LogP contribution in [0.2, 0.25) is 0 Å². The third-order valence-electron chi connectivity index (χ3n) is 2.81. The van der Waals surface area contributed by atoms with Gasteiger partial charge in [-0.25, -0.2) is 4.79 Å². The molecule has 0 aliphatic carbocycles. The standard InChI is InChI=1S/C15H15NO2/c1-10-7-8-13(11(2)9-10)16-14-6-4-3-5-12(14)15(17)18/h3-9,16H,1-2H3,(H,17,18). The van der Waals surface area contributed by atoms with E-state index in [1.54, 1.807) is 18.2 Å². The maximum atomic E-state index is 11.1. The van der Waals surface area contributed by atoms with Gasteiger partial charge in [-0.15, -0.1) is 0 Å². The number of hydrogen-bond donors (Lipinski definition) is 2. The van der Waals surface area contributed by atoms with Gasteiger partial charge in [-0.2, -0.15) is 0 Å². The average Bonchev–Trinajstić information content (AvgIpc) is 2.33. The molecule has 18 heavy (non-hydrogen) atoms. The van der Waals surface area contributed by atoms with Crippen LogP contribution in [0.5, 0.6) is 0 Å². The van der Waals surface area contributed by atoms with Crippen molar-refractivity contribution in [2.45, 2.75) is 13.8 Å². The van der Waals surface area contributed by atoms with Crippen LogP contribution in [-0.4, -0.2) is 11.1 Å². The van der Waals surface area contributed by atoms with Crippen molar-refractivity contribution in [3.8, 4) is 0 Å². The van der Waals surface area contributed by atoms with Gasteiger partial charge >= 0.3 is 5.97 Å². The number of aryl methyl sites for hydroxylation is 2. The van der Waals surface area contributed by atoms with Crippen LogP contribution in [0.4, 0.5) is 11.4 Å². The molecule has 2 aromatic carbocycles. The summed E-state index contributed by atoms with van der Waals surface area (Å²) in [7, 11) is 0. The molecule has 0 radical (unpaired) electrons. The molecule has 0 aromatic heterocycles. The van der Waals surface area contributed by atoms with Crippen LogP contribution >= 0.6 is 0 Å². The van der Waals surface area contributed by atoms with Crippen molar-refractivity contribution in [3.63, 3.8) is 0 Å². The molecule has 0 saturated heterocycles. The van der Waals surface area contributed by atoms with Gasteiger partial charge in [0.2, 0.25) is 0 Å². The molecular formula is C15H15NO2. The number of benzene rings is 2. The van der Waals surface area contributed by atoms with E-state index >= 15 is 0 Å². The van der Waals surface area contributed by atoms with E-state index in [9.17, 15) is 4.79 Å². The quantitative estimate of drug-likeness (QED) is 0.860. The fourth-order valence-electron chi connectivity index (χ4n) is 1.88. The highest BCUT2D eigenvalue weighted by atomic mass is 16.4. The molecule has 0 aliphatic rings. The minimum absolute atomic E-state index is 0.275. The third kappa shape index (κ3) is 2.51. The number of carboxylic acids is 1. The predicted molar refractivity (Wildman–Crippen MR) is 72.6 cm³/mol. The third-order valence-corrected chi connectivity index (χ3v) is 2.81. The molecular weight excluding hydrogens is 226 g/mol. The minimum Gasteiger partial charge on any atom is -0.478 e. The van der Waals surface area contributed by atoms with E-state index in [4.69, 9.17) is 5.11 Å². The summed E-state index contributed by atoms with van der Waals surface area (Å²) in [5.41, 5.74) is 4.09. The molecule has 2 aromatic rings. The summed E-state index contributed by atoms with van der Waals surface area (Å²) in [5, 5.41) is 12.3. The number of carboxylic acid groups (broad SMARTS) is 1.